The predicted molar refractivity (Wildman–Crippen MR) is 125 cm³/mol. The second kappa shape index (κ2) is 9.11. The molecule has 0 heterocycles. The molecular formula is C27H23NO6. The zero-order valence-corrected chi connectivity index (χ0v) is 18.5. The highest BCUT2D eigenvalue weighted by molar-refractivity contribution is 6.13. The quantitative estimate of drug-likeness (QED) is 0.254. The molecule has 0 spiro atoms. The number of nitro benzene ring substituents is 1. The van der Waals surface area contributed by atoms with E-state index >= 15 is 0 Å². The van der Waals surface area contributed by atoms with Gasteiger partial charge >= 0.3 is 0 Å². The highest BCUT2D eigenvalue weighted by Gasteiger charge is 2.55. The Labute approximate surface area is 196 Å². The second-order valence-electron chi connectivity index (χ2n) is 8.79. The summed E-state index contributed by atoms with van der Waals surface area (Å²) in [5.74, 6) is -4.66. The van der Waals surface area contributed by atoms with Crippen LogP contribution in [0.5, 0.6) is 0 Å². The summed E-state index contributed by atoms with van der Waals surface area (Å²) in [6.07, 6.45) is -0.358. The summed E-state index contributed by atoms with van der Waals surface area (Å²) >= 11 is 0. The van der Waals surface area contributed by atoms with Crippen molar-refractivity contribution in [3.05, 3.63) is 112 Å². The fraction of sp³-hybridized carbons (Fsp3) is 0.222. The monoisotopic (exact) mass is 457 g/mol. The number of ketones is 3. The van der Waals surface area contributed by atoms with Crippen LogP contribution in [0.15, 0.2) is 84.9 Å². The van der Waals surface area contributed by atoms with Gasteiger partial charge < -0.3 is 5.11 Å². The minimum atomic E-state index is -1.72. The summed E-state index contributed by atoms with van der Waals surface area (Å²) in [6, 6.07) is 22.2. The van der Waals surface area contributed by atoms with Gasteiger partial charge in [0.2, 0.25) is 0 Å². The van der Waals surface area contributed by atoms with Crippen molar-refractivity contribution in [2.24, 2.45) is 11.8 Å². The first-order chi connectivity index (χ1) is 16.2. The predicted octanol–water partition coefficient (Wildman–Crippen LogP) is 4.40. The molecular weight excluding hydrogens is 434 g/mol. The van der Waals surface area contributed by atoms with Crippen molar-refractivity contribution in [2.75, 3.05) is 0 Å². The van der Waals surface area contributed by atoms with E-state index in [4.69, 9.17) is 0 Å². The van der Waals surface area contributed by atoms with Crippen LogP contribution in [0.2, 0.25) is 0 Å². The van der Waals surface area contributed by atoms with Crippen LogP contribution in [-0.4, -0.2) is 33.0 Å². The van der Waals surface area contributed by atoms with Crippen LogP contribution < -0.4 is 0 Å². The van der Waals surface area contributed by atoms with E-state index in [0.29, 0.717) is 16.7 Å². The molecule has 0 aliphatic heterocycles. The van der Waals surface area contributed by atoms with E-state index in [1.54, 1.807) is 60.7 Å². The first kappa shape index (κ1) is 23.2. The summed E-state index contributed by atoms with van der Waals surface area (Å²) in [5, 5.41) is 22.5. The Morgan fingerprint density at radius 1 is 0.882 bits per heavy atom. The lowest BCUT2D eigenvalue weighted by Crippen LogP contribution is -2.54. The fourth-order valence-corrected chi connectivity index (χ4v) is 4.87. The van der Waals surface area contributed by atoms with Gasteiger partial charge in [-0.15, -0.1) is 0 Å². The van der Waals surface area contributed by atoms with Gasteiger partial charge in [-0.05, 0) is 12.5 Å². The van der Waals surface area contributed by atoms with E-state index in [1.807, 2.05) is 0 Å². The number of non-ortho nitro benzene ring substituents is 1. The summed E-state index contributed by atoms with van der Waals surface area (Å²) in [4.78, 5) is 51.2. The molecule has 172 valence electrons. The maximum absolute atomic E-state index is 13.7. The topological polar surface area (TPSA) is 115 Å². The van der Waals surface area contributed by atoms with Gasteiger partial charge in [0.05, 0.1) is 22.4 Å². The number of nitrogens with zero attached hydrogens (tertiary/aromatic N) is 1. The maximum Gasteiger partial charge on any atom is 0.269 e. The van der Waals surface area contributed by atoms with Gasteiger partial charge in [-0.25, -0.2) is 0 Å². The van der Waals surface area contributed by atoms with Crippen molar-refractivity contribution in [3.8, 4) is 0 Å². The largest absolute Gasteiger partial charge is 0.389 e. The summed E-state index contributed by atoms with van der Waals surface area (Å²) in [6.45, 7) is 1.43. The van der Waals surface area contributed by atoms with Crippen molar-refractivity contribution in [2.45, 2.75) is 24.9 Å². The van der Waals surface area contributed by atoms with E-state index < -0.39 is 45.6 Å². The first-order valence-corrected chi connectivity index (χ1v) is 10.9. The first-order valence-electron chi connectivity index (χ1n) is 10.9. The molecule has 0 unspecified atom stereocenters. The van der Waals surface area contributed by atoms with Crippen LogP contribution in [0, 0.1) is 22.0 Å². The van der Waals surface area contributed by atoms with Crippen LogP contribution in [0.1, 0.15) is 45.5 Å². The van der Waals surface area contributed by atoms with Crippen molar-refractivity contribution in [1.82, 2.24) is 0 Å². The molecule has 7 heteroatoms. The summed E-state index contributed by atoms with van der Waals surface area (Å²) < 4.78 is 0. The molecule has 1 aliphatic carbocycles. The van der Waals surface area contributed by atoms with E-state index in [2.05, 4.69) is 0 Å². The van der Waals surface area contributed by atoms with Gasteiger partial charge in [0.15, 0.2) is 11.6 Å². The van der Waals surface area contributed by atoms with Crippen LogP contribution in [0.25, 0.3) is 0 Å². The van der Waals surface area contributed by atoms with Crippen molar-refractivity contribution in [1.29, 1.82) is 0 Å². The van der Waals surface area contributed by atoms with Gasteiger partial charge in [-0.3, -0.25) is 24.5 Å². The normalized spacial score (nSPS) is 24.4. The van der Waals surface area contributed by atoms with Crippen LogP contribution in [0.4, 0.5) is 5.69 Å². The average molecular weight is 457 g/mol. The minimum Gasteiger partial charge on any atom is -0.389 e. The van der Waals surface area contributed by atoms with E-state index in [9.17, 15) is 29.6 Å². The highest BCUT2D eigenvalue weighted by Crippen LogP contribution is 2.48. The zero-order valence-electron chi connectivity index (χ0n) is 18.5. The van der Waals surface area contributed by atoms with Gasteiger partial charge in [-0.2, -0.15) is 0 Å². The van der Waals surface area contributed by atoms with Crippen LogP contribution in [-0.2, 0) is 4.79 Å². The molecule has 3 aromatic carbocycles. The molecule has 1 fully saturated rings. The van der Waals surface area contributed by atoms with Gasteiger partial charge in [0.25, 0.3) is 5.69 Å². The van der Waals surface area contributed by atoms with Gasteiger partial charge in [0, 0.05) is 35.6 Å². The maximum atomic E-state index is 13.7. The second-order valence-corrected chi connectivity index (χ2v) is 8.79. The molecule has 0 saturated heterocycles. The van der Waals surface area contributed by atoms with E-state index in [0.717, 1.165) is 0 Å². The molecule has 0 radical (unpaired) electrons. The lowest BCUT2D eigenvalue weighted by atomic mass is 9.58. The fourth-order valence-electron chi connectivity index (χ4n) is 4.87. The van der Waals surface area contributed by atoms with E-state index in [-0.39, 0.29) is 12.1 Å². The standard InChI is InChI=1S/C27H23NO6/c1-27(32)16-21(29)23(25(30)18-8-4-2-5-9-18)22(17-12-14-20(15-13-17)28(33)34)24(27)26(31)19-10-6-3-7-11-19/h2-15,22-24,32H,16H2,1H3/t22-,23-,24-,27-/m0/s1. The smallest absolute Gasteiger partial charge is 0.269 e. The number of nitro groups is 1. The molecule has 34 heavy (non-hydrogen) atoms. The van der Waals surface area contributed by atoms with Crippen LogP contribution >= 0.6 is 0 Å². The third kappa shape index (κ3) is 4.30. The third-order valence-electron chi connectivity index (χ3n) is 6.44. The Bertz CT molecular complexity index is 1240. The number of hydrogen-bond acceptors (Lipinski definition) is 6. The lowest BCUT2D eigenvalue weighted by molar-refractivity contribution is -0.384. The SMILES string of the molecule is C[C@]1(O)CC(=O)[C@H](C(=O)c2ccccc2)[C@H](c2ccc([N+](=O)[O-])cc2)[C@H]1C(=O)c1ccccc1. The number of aliphatic hydroxyl groups is 1. The Morgan fingerprint density at radius 3 is 1.88 bits per heavy atom. The molecule has 1 aliphatic rings. The van der Waals surface area contributed by atoms with Crippen molar-refractivity contribution < 1.29 is 24.4 Å². The molecule has 0 amide bonds. The Morgan fingerprint density at radius 2 is 1.38 bits per heavy atom. The van der Waals surface area contributed by atoms with Crippen molar-refractivity contribution in [3.63, 3.8) is 0 Å². The van der Waals surface area contributed by atoms with Crippen LogP contribution in [0.3, 0.4) is 0 Å². The molecule has 0 bridgehead atoms. The molecule has 4 rings (SSSR count). The number of Topliss-reactive ketones (excluding diaryl/α,β-unsaturated/α-hetero) is 3. The van der Waals surface area contributed by atoms with Gasteiger partial charge in [-0.1, -0.05) is 72.8 Å². The number of carbonyl (C=O) groups is 3. The third-order valence-corrected chi connectivity index (χ3v) is 6.44. The van der Waals surface area contributed by atoms with Gasteiger partial charge in [0.1, 0.15) is 5.78 Å². The highest BCUT2D eigenvalue weighted by atomic mass is 16.6. The number of benzene rings is 3. The average Bonchev–Trinajstić information content (AvgIpc) is 2.83. The molecule has 0 aromatic heterocycles. The minimum absolute atomic E-state index is 0.158. The Balaban J connectivity index is 1.89. The zero-order chi connectivity index (χ0) is 24.5. The summed E-state index contributed by atoms with van der Waals surface area (Å²) in [5.41, 5.74) is -0.804. The number of hydrogen-bond donors (Lipinski definition) is 1. The molecule has 1 N–H and O–H groups in total. The van der Waals surface area contributed by atoms with Crippen molar-refractivity contribution >= 4 is 23.0 Å². The Kier molecular flexibility index (Phi) is 6.22. The number of carbonyl (C=O) groups excluding carboxylic acids is 3. The molecule has 1 saturated carbocycles. The molecule has 4 atom stereocenters. The number of rotatable bonds is 6. The van der Waals surface area contributed by atoms with E-state index in [1.165, 1.54) is 31.2 Å². The molecule has 3 aromatic rings. The Hall–Kier alpha value is -3.97. The molecule has 7 nitrogen and oxygen atoms in total. The lowest BCUT2D eigenvalue weighted by Gasteiger charge is -2.44. The summed E-state index contributed by atoms with van der Waals surface area (Å²) in [7, 11) is 0.